The minimum Gasteiger partial charge on any atom is -0.245 e. The van der Waals surface area contributed by atoms with Gasteiger partial charge in [-0.3, -0.25) is 0 Å². The summed E-state index contributed by atoms with van der Waals surface area (Å²) in [5, 5.41) is 9.55. The fraction of sp³-hybridized carbons (Fsp3) is 0.312. The molecule has 0 spiro atoms. The highest BCUT2D eigenvalue weighted by molar-refractivity contribution is 5.50. The summed E-state index contributed by atoms with van der Waals surface area (Å²) in [6.07, 6.45) is 3.17. The Labute approximate surface area is 114 Å². The highest BCUT2D eigenvalue weighted by Crippen LogP contribution is 2.31. The molecule has 0 aliphatic carbocycles. The maximum atomic E-state index is 9.55. The van der Waals surface area contributed by atoms with Crippen molar-refractivity contribution in [1.82, 2.24) is 9.97 Å². The van der Waals surface area contributed by atoms with Crippen LogP contribution in [0.15, 0.2) is 24.7 Å². The van der Waals surface area contributed by atoms with Crippen LogP contribution in [0.2, 0.25) is 0 Å². The Hall–Kier alpha value is -2.21. The summed E-state index contributed by atoms with van der Waals surface area (Å²) in [5.74, 6) is -0.332. The van der Waals surface area contributed by atoms with Gasteiger partial charge in [-0.2, -0.15) is 5.26 Å². The fourth-order valence-electron chi connectivity index (χ4n) is 2.43. The second-order valence-electron chi connectivity index (χ2n) is 4.87. The second kappa shape index (κ2) is 5.19. The summed E-state index contributed by atoms with van der Waals surface area (Å²) in [4.78, 5) is 8.15. The molecule has 0 radical (unpaired) electrons. The first-order valence-electron chi connectivity index (χ1n) is 6.29. The quantitative estimate of drug-likeness (QED) is 0.822. The molecular formula is C16H17N3. The van der Waals surface area contributed by atoms with Crippen LogP contribution in [-0.4, -0.2) is 9.97 Å². The fourth-order valence-corrected chi connectivity index (χ4v) is 2.43. The van der Waals surface area contributed by atoms with Crippen molar-refractivity contribution in [2.45, 2.75) is 33.6 Å². The molecule has 1 aromatic heterocycles. The molecule has 3 nitrogen and oxygen atoms in total. The normalized spacial score (nSPS) is 11.9. The molecule has 1 heterocycles. The van der Waals surface area contributed by atoms with E-state index in [9.17, 15) is 5.26 Å². The Morgan fingerprint density at radius 3 is 2.21 bits per heavy atom. The monoisotopic (exact) mass is 251 g/mol. The van der Waals surface area contributed by atoms with Crippen LogP contribution >= 0.6 is 0 Å². The van der Waals surface area contributed by atoms with E-state index >= 15 is 0 Å². The molecule has 0 saturated carbocycles. The van der Waals surface area contributed by atoms with E-state index in [1.165, 1.54) is 28.6 Å². The van der Waals surface area contributed by atoms with Gasteiger partial charge in [0.1, 0.15) is 12.2 Å². The Kier molecular flexibility index (Phi) is 3.62. The van der Waals surface area contributed by atoms with Crippen LogP contribution in [-0.2, 0) is 0 Å². The van der Waals surface area contributed by atoms with Gasteiger partial charge in [0.05, 0.1) is 11.8 Å². The van der Waals surface area contributed by atoms with E-state index in [-0.39, 0.29) is 5.92 Å². The highest BCUT2D eigenvalue weighted by atomic mass is 14.8. The molecule has 0 aliphatic rings. The average molecular weight is 251 g/mol. The van der Waals surface area contributed by atoms with Gasteiger partial charge in [-0.25, -0.2) is 9.97 Å². The van der Waals surface area contributed by atoms with Crippen molar-refractivity contribution in [1.29, 1.82) is 5.26 Å². The number of aryl methyl sites for hydroxylation is 2. The van der Waals surface area contributed by atoms with Gasteiger partial charge in [-0.05, 0) is 61.6 Å². The van der Waals surface area contributed by atoms with Crippen molar-refractivity contribution < 1.29 is 0 Å². The summed E-state index contributed by atoms with van der Waals surface area (Å²) >= 11 is 0. The molecule has 96 valence electrons. The first-order valence-corrected chi connectivity index (χ1v) is 6.29. The number of hydrogen-bond donors (Lipinski definition) is 0. The SMILES string of the molecule is Cc1cc(C)c(C)c(C(C#N)c2ccncn2)c1C. The Morgan fingerprint density at radius 1 is 1.11 bits per heavy atom. The molecule has 1 aromatic carbocycles. The molecule has 0 amide bonds. The first kappa shape index (κ1) is 13.2. The van der Waals surface area contributed by atoms with Gasteiger partial charge < -0.3 is 0 Å². The van der Waals surface area contributed by atoms with Crippen molar-refractivity contribution in [2.75, 3.05) is 0 Å². The summed E-state index contributed by atoms with van der Waals surface area (Å²) in [6.45, 7) is 8.31. The van der Waals surface area contributed by atoms with Crippen molar-refractivity contribution in [3.8, 4) is 6.07 Å². The lowest BCUT2D eigenvalue weighted by Gasteiger charge is -2.19. The molecular weight excluding hydrogens is 234 g/mol. The largest absolute Gasteiger partial charge is 0.245 e. The number of hydrogen-bond acceptors (Lipinski definition) is 3. The molecule has 0 bridgehead atoms. The topological polar surface area (TPSA) is 49.6 Å². The number of nitriles is 1. The molecule has 19 heavy (non-hydrogen) atoms. The standard InChI is InChI=1S/C16H17N3/c1-10-7-11(2)13(4)16(12(10)3)14(8-17)15-5-6-18-9-19-15/h5-7,9,14H,1-4H3. The molecule has 1 atom stereocenters. The zero-order chi connectivity index (χ0) is 14.0. The van der Waals surface area contributed by atoms with Crippen molar-refractivity contribution in [2.24, 2.45) is 0 Å². The molecule has 0 aliphatic heterocycles. The van der Waals surface area contributed by atoms with E-state index in [2.05, 4.69) is 49.8 Å². The van der Waals surface area contributed by atoms with Gasteiger partial charge in [0.2, 0.25) is 0 Å². The Bertz CT molecular complexity index is 613. The van der Waals surface area contributed by atoms with Crippen LogP contribution in [0.3, 0.4) is 0 Å². The summed E-state index contributed by atoms with van der Waals surface area (Å²) in [6, 6.07) is 6.36. The van der Waals surface area contributed by atoms with E-state index in [1.807, 2.05) is 6.07 Å². The first-order chi connectivity index (χ1) is 9.06. The third-order valence-corrected chi connectivity index (χ3v) is 3.74. The van der Waals surface area contributed by atoms with Gasteiger partial charge in [-0.1, -0.05) is 6.07 Å². The summed E-state index contributed by atoms with van der Waals surface area (Å²) in [5.41, 5.74) is 6.62. The molecule has 3 heteroatoms. The van der Waals surface area contributed by atoms with E-state index < -0.39 is 0 Å². The van der Waals surface area contributed by atoms with Crippen LogP contribution in [0, 0.1) is 39.0 Å². The Balaban J connectivity index is 2.67. The molecule has 0 fully saturated rings. The second-order valence-corrected chi connectivity index (χ2v) is 4.87. The van der Waals surface area contributed by atoms with Gasteiger partial charge in [-0.15, -0.1) is 0 Å². The number of aromatic nitrogens is 2. The smallest absolute Gasteiger partial charge is 0.115 e. The molecule has 1 unspecified atom stereocenters. The number of benzene rings is 1. The van der Waals surface area contributed by atoms with Crippen LogP contribution < -0.4 is 0 Å². The van der Waals surface area contributed by atoms with Crippen LogP contribution in [0.1, 0.15) is 39.4 Å². The minimum atomic E-state index is -0.332. The van der Waals surface area contributed by atoms with Crippen LogP contribution in [0.5, 0.6) is 0 Å². The molecule has 0 N–H and O–H groups in total. The third-order valence-electron chi connectivity index (χ3n) is 3.74. The average Bonchev–Trinajstić information content (AvgIpc) is 2.42. The van der Waals surface area contributed by atoms with Crippen molar-refractivity contribution in [3.63, 3.8) is 0 Å². The lowest BCUT2D eigenvalue weighted by Crippen LogP contribution is -2.08. The number of rotatable bonds is 2. The van der Waals surface area contributed by atoms with Crippen molar-refractivity contribution in [3.05, 3.63) is 58.2 Å². The van der Waals surface area contributed by atoms with Crippen LogP contribution in [0.4, 0.5) is 0 Å². The van der Waals surface area contributed by atoms with Gasteiger partial charge in [0.15, 0.2) is 0 Å². The third kappa shape index (κ3) is 2.34. The van der Waals surface area contributed by atoms with Gasteiger partial charge >= 0.3 is 0 Å². The molecule has 0 saturated heterocycles. The van der Waals surface area contributed by atoms with Gasteiger partial charge in [0.25, 0.3) is 0 Å². The zero-order valence-corrected chi connectivity index (χ0v) is 11.7. The maximum absolute atomic E-state index is 9.55. The maximum Gasteiger partial charge on any atom is 0.115 e. The Morgan fingerprint density at radius 2 is 1.74 bits per heavy atom. The predicted octanol–water partition coefficient (Wildman–Crippen LogP) is 3.37. The number of nitrogens with zero attached hydrogens (tertiary/aromatic N) is 3. The highest BCUT2D eigenvalue weighted by Gasteiger charge is 2.21. The molecule has 2 rings (SSSR count). The van der Waals surface area contributed by atoms with Gasteiger partial charge in [0, 0.05) is 6.20 Å². The summed E-state index contributed by atoms with van der Waals surface area (Å²) in [7, 11) is 0. The van der Waals surface area contributed by atoms with E-state index in [4.69, 9.17) is 0 Å². The van der Waals surface area contributed by atoms with Crippen molar-refractivity contribution >= 4 is 0 Å². The van der Waals surface area contributed by atoms with E-state index in [1.54, 1.807) is 6.20 Å². The summed E-state index contributed by atoms with van der Waals surface area (Å²) < 4.78 is 0. The van der Waals surface area contributed by atoms with E-state index in [0.29, 0.717) is 0 Å². The zero-order valence-electron chi connectivity index (χ0n) is 11.7. The van der Waals surface area contributed by atoms with Crippen LogP contribution in [0.25, 0.3) is 0 Å². The lowest BCUT2D eigenvalue weighted by molar-refractivity contribution is 0.916. The van der Waals surface area contributed by atoms with E-state index in [0.717, 1.165) is 11.3 Å². The lowest BCUT2D eigenvalue weighted by atomic mass is 9.85. The predicted molar refractivity (Wildman–Crippen MR) is 74.9 cm³/mol. The molecule has 2 aromatic rings. The minimum absolute atomic E-state index is 0.332.